The number of likely N-dealkylation sites (tertiary alicyclic amines) is 1. The summed E-state index contributed by atoms with van der Waals surface area (Å²) in [6.07, 6.45) is -5.52. The Morgan fingerprint density at radius 3 is 2.30 bits per heavy atom. The average Bonchev–Trinajstić information content (AvgIpc) is 2.84. The van der Waals surface area contributed by atoms with Crippen LogP contribution in [0.4, 0.5) is 18.0 Å². The van der Waals surface area contributed by atoms with Gasteiger partial charge >= 0.3 is 12.3 Å². The molecule has 0 aromatic heterocycles. The summed E-state index contributed by atoms with van der Waals surface area (Å²) in [4.78, 5) is 26.9. The van der Waals surface area contributed by atoms with Crippen LogP contribution in [0.25, 0.3) is 0 Å². The second kappa shape index (κ2) is 10.2. The van der Waals surface area contributed by atoms with Crippen molar-refractivity contribution in [2.75, 3.05) is 33.9 Å². The van der Waals surface area contributed by atoms with Gasteiger partial charge in [-0.1, -0.05) is 41.4 Å². The summed E-state index contributed by atoms with van der Waals surface area (Å²) in [7, 11) is 2.34. The van der Waals surface area contributed by atoms with Gasteiger partial charge in [0.1, 0.15) is 11.4 Å². The summed E-state index contributed by atoms with van der Waals surface area (Å²) in [5.41, 5.74) is -4.09. The van der Waals surface area contributed by atoms with E-state index in [4.69, 9.17) is 37.4 Å². The van der Waals surface area contributed by atoms with Gasteiger partial charge in [-0.2, -0.15) is 13.2 Å². The van der Waals surface area contributed by atoms with Gasteiger partial charge in [0, 0.05) is 66.7 Å². The van der Waals surface area contributed by atoms with Crippen LogP contribution in [0.15, 0.2) is 42.5 Å². The van der Waals surface area contributed by atoms with E-state index in [0.717, 1.165) is 29.7 Å². The maximum absolute atomic E-state index is 14.5. The van der Waals surface area contributed by atoms with E-state index in [0.29, 0.717) is 5.75 Å². The summed E-state index contributed by atoms with van der Waals surface area (Å²) < 4.78 is 59.8. The fraction of sp³-hybridized carbons (Fsp3) is 0.440. The van der Waals surface area contributed by atoms with Gasteiger partial charge in [-0.25, -0.2) is 4.79 Å². The van der Waals surface area contributed by atoms with Crippen molar-refractivity contribution >= 4 is 35.2 Å². The molecule has 4 rings (SSSR count). The molecule has 0 radical (unpaired) electrons. The van der Waals surface area contributed by atoms with Crippen molar-refractivity contribution in [3.8, 4) is 5.75 Å². The highest BCUT2D eigenvalue weighted by Gasteiger charge is 2.64. The number of rotatable bonds is 5. The molecule has 2 fully saturated rings. The number of benzene rings is 2. The Hall–Kier alpha value is -2.69. The number of piperidine rings is 1. The van der Waals surface area contributed by atoms with Crippen molar-refractivity contribution in [1.29, 1.82) is 0 Å². The van der Waals surface area contributed by atoms with Crippen LogP contribution >= 0.6 is 23.2 Å². The predicted molar refractivity (Wildman–Crippen MR) is 130 cm³/mol. The number of alkyl halides is 3. The number of methoxy groups -OCH3 is 2. The minimum absolute atomic E-state index is 0.0696. The molecule has 1 spiro atoms. The van der Waals surface area contributed by atoms with E-state index in [1.165, 1.54) is 13.2 Å². The SMILES string of the molecule is COc1ccccc1C1CNC(=O)OC12CCN(C(=O)C(OC)(c1cc(Cl)cc(Cl)c1)C(F)(F)F)CC2. The monoisotopic (exact) mass is 560 g/mol. The molecule has 2 unspecified atom stereocenters. The number of para-hydroxylation sites is 1. The molecule has 2 aromatic rings. The normalized spacial score (nSPS) is 21.1. The lowest BCUT2D eigenvalue weighted by atomic mass is 9.74. The first-order valence-electron chi connectivity index (χ1n) is 11.4. The summed E-state index contributed by atoms with van der Waals surface area (Å²) in [6, 6.07) is 10.6. The number of hydrogen-bond acceptors (Lipinski definition) is 5. The molecule has 2 aromatic carbocycles. The van der Waals surface area contributed by atoms with Gasteiger partial charge in [-0.05, 0) is 24.3 Å². The smallest absolute Gasteiger partial charge is 0.430 e. The second-order valence-electron chi connectivity index (χ2n) is 8.96. The maximum atomic E-state index is 14.5. The van der Waals surface area contributed by atoms with Crippen molar-refractivity contribution in [2.45, 2.75) is 36.1 Å². The lowest BCUT2D eigenvalue weighted by Gasteiger charge is -2.49. The van der Waals surface area contributed by atoms with Crippen LogP contribution in [0.3, 0.4) is 0 Å². The second-order valence-corrected chi connectivity index (χ2v) is 9.84. The number of nitrogens with one attached hydrogen (secondary N) is 1. The summed E-state index contributed by atoms with van der Waals surface area (Å²) in [5, 5.41) is 2.54. The van der Waals surface area contributed by atoms with Crippen molar-refractivity contribution < 1.29 is 37.0 Å². The summed E-state index contributed by atoms with van der Waals surface area (Å²) in [6.45, 7) is 0.0409. The molecule has 2 heterocycles. The number of ether oxygens (including phenoxy) is 3. The van der Waals surface area contributed by atoms with Crippen molar-refractivity contribution in [1.82, 2.24) is 10.2 Å². The first-order chi connectivity index (χ1) is 17.5. The highest BCUT2D eigenvalue weighted by molar-refractivity contribution is 6.34. The number of amides is 2. The van der Waals surface area contributed by atoms with Crippen LogP contribution in [0, 0.1) is 0 Å². The molecule has 2 atom stereocenters. The minimum Gasteiger partial charge on any atom is -0.496 e. The topological polar surface area (TPSA) is 77.1 Å². The number of halogens is 5. The van der Waals surface area contributed by atoms with Gasteiger partial charge in [0.25, 0.3) is 11.5 Å². The molecule has 200 valence electrons. The van der Waals surface area contributed by atoms with Gasteiger partial charge in [0.05, 0.1) is 7.11 Å². The van der Waals surface area contributed by atoms with Crippen molar-refractivity contribution in [3.05, 3.63) is 63.6 Å². The third kappa shape index (κ3) is 4.82. The summed E-state index contributed by atoms with van der Waals surface area (Å²) in [5.74, 6) is -1.05. The van der Waals surface area contributed by atoms with Crippen LogP contribution < -0.4 is 10.1 Å². The molecule has 2 saturated heterocycles. The van der Waals surface area contributed by atoms with Crippen LogP contribution in [-0.2, 0) is 19.9 Å². The zero-order valence-corrected chi connectivity index (χ0v) is 21.5. The molecule has 2 amide bonds. The molecule has 2 aliphatic rings. The van der Waals surface area contributed by atoms with Crippen LogP contribution in [0.1, 0.15) is 29.9 Å². The zero-order valence-electron chi connectivity index (χ0n) is 20.0. The largest absolute Gasteiger partial charge is 0.496 e. The van der Waals surface area contributed by atoms with Gasteiger partial charge in [-0.15, -0.1) is 0 Å². The minimum atomic E-state index is -5.12. The van der Waals surface area contributed by atoms with E-state index in [-0.39, 0.29) is 48.4 Å². The molecule has 37 heavy (non-hydrogen) atoms. The van der Waals surface area contributed by atoms with Crippen molar-refractivity contribution in [2.24, 2.45) is 0 Å². The molecule has 7 nitrogen and oxygen atoms in total. The van der Waals surface area contributed by atoms with Gasteiger partial charge < -0.3 is 24.4 Å². The standard InChI is InChI=1S/C25H25Cl2F3N2O5/c1-35-20-6-4-3-5-18(20)19-14-31-22(34)37-23(19)7-9-32(10-8-23)21(33)24(36-2,25(28,29)30)15-11-16(26)13-17(27)12-15/h3-6,11-13,19H,7-10,14H2,1-2H3,(H,31,34). The fourth-order valence-corrected chi connectivity index (χ4v) is 5.78. The Labute approximate surface area is 221 Å². The molecule has 0 bridgehead atoms. The van der Waals surface area contributed by atoms with Gasteiger partial charge in [0.15, 0.2) is 0 Å². The van der Waals surface area contributed by atoms with E-state index < -0.39 is 34.9 Å². The van der Waals surface area contributed by atoms with E-state index >= 15 is 0 Å². The zero-order chi connectivity index (χ0) is 27.0. The first-order valence-corrected chi connectivity index (χ1v) is 12.2. The average molecular weight is 561 g/mol. The van der Waals surface area contributed by atoms with Gasteiger partial charge in [0.2, 0.25) is 0 Å². The predicted octanol–water partition coefficient (Wildman–Crippen LogP) is 5.29. The Morgan fingerprint density at radius 2 is 1.73 bits per heavy atom. The lowest BCUT2D eigenvalue weighted by molar-refractivity contribution is -0.271. The molecule has 2 aliphatic heterocycles. The number of carbonyl (C=O) groups is 2. The molecule has 12 heteroatoms. The van der Waals surface area contributed by atoms with Crippen LogP contribution in [0.2, 0.25) is 10.0 Å². The highest BCUT2D eigenvalue weighted by Crippen LogP contribution is 2.48. The van der Waals surface area contributed by atoms with Crippen LogP contribution in [-0.4, -0.2) is 62.5 Å². The molecular formula is C25H25Cl2F3N2O5. The molecule has 0 saturated carbocycles. The first kappa shape index (κ1) is 27.3. The third-order valence-corrected chi connectivity index (χ3v) is 7.50. The van der Waals surface area contributed by atoms with Gasteiger partial charge in [-0.3, -0.25) is 4.79 Å². The Balaban J connectivity index is 1.66. The number of alkyl carbamates (subject to hydrolysis) is 1. The van der Waals surface area contributed by atoms with E-state index in [1.807, 2.05) is 18.2 Å². The summed E-state index contributed by atoms with van der Waals surface area (Å²) >= 11 is 11.9. The fourth-order valence-electron chi connectivity index (χ4n) is 5.26. The molecule has 1 N–H and O–H groups in total. The maximum Gasteiger partial charge on any atom is 0.430 e. The van der Waals surface area contributed by atoms with E-state index in [9.17, 15) is 22.8 Å². The van der Waals surface area contributed by atoms with Crippen LogP contribution in [0.5, 0.6) is 5.75 Å². The molecule has 0 aliphatic carbocycles. The lowest BCUT2D eigenvalue weighted by Crippen LogP contribution is -2.62. The third-order valence-electron chi connectivity index (χ3n) is 7.07. The number of carbonyl (C=O) groups excluding carboxylic acids is 2. The number of hydrogen-bond donors (Lipinski definition) is 1. The number of nitrogens with zero attached hydrogens (tertiary/aromatic N) is 1. The van der Waals surface area contributed by atoms with E-state index in [2.05, 4.69) is 5.32 Å². The quantitative estimate of drug-likeness (QED) is 0.537. The molecular weight excluding hydrogens is 536 g/mol. The van der Waals surface area contributed by atoms with E-state index in [1.54, 1.807) is 6.07 Å². The van der Waals surface area contributed by atoms with Crippen molar-refractivity contribution in [3.63, 3.8) is 0 Å². The highest BCUT2D eigenvalue weighted by atomic mass is 35.5. The Kier molecular flexibility index (Phi) is 7.56. The Morgan fingerprint density at radius 1 is 1.11 bits per heavy atom. The Bertz CT molecular complexity index is 1170.